The number of nitrogens with zero attached hydrogens (tertiary/aromatic N) is 2. The minimum absolute atomic E-state index is 0.251. The Hall–Kier alpha value is -1.88. The summed E-state index contributed by atoms with van der Waals surface area (Å²) < 4.78 is 7.22. The van der Waals surface area contributed by atoms with Crippen LogP contribution < -0.4 is 0 Å². The van der Waals surface area contributed by atoms with Crippen LogP contribution in [-0.2, 0) is 11.3 Å². The van der Waals surface area contributed by atoms with Crippen LogP contribution in [0, 0.1) is 0 Å². The van der Waals surface area contributed by atoms with Gasteiger partial charge in [0.15, 0.2) is 0 Å². The van der Waals surface area contributed by atoms with Gasteiger partial charge in [0, 0.05) is 26.2 Å². The summed E-state index contributed by atoms with van der Waals surface area (Å²) in [5.41, 5.74) is 1.75. The molecule has 1 aromatic heterocycles. The van der Waals surface area contributed by atoms with Gasteiger partial charge in [-0.1, -0.05) is 19.9 Å². The second-order valence-electron chi connectivity index (χ2n) is 5.45. The van der Waals surface area contributed by atoms with Crippen molar-refractivity contribution < 1.29 is 14.6 Å². The Balaban J connectivity index is 2.43. The van der Waals surface area contributed by atoms with E-state index in [0.29, 0.717) is 5.52 Å². The van der Waals surface area contributed by atoms with Gasteiger partial charge in [0.25, 0.3) is 0 Å². The summed E-state index contributed by atoms with van der Waals surface area (Å²) in [5, 5.41) is 9.30. The molecule has 2 rings (SSSR count). The first-order chi connectivity index (χ1) is 10.1. The second-order valence-corrected chi connectivity index (χ2v) is 5.45. The van der Waals surface area contributed by atoms with Gasteiger partial charge >= 0.3 is 5.97 Å². The van der Waals surface area contributed by atoms with Crippen LogP contribution in [0.1, 0.15) is 48.8 Å². The van der Waals surface area contributed by atoms with E-state index in [-0.39, 0.29) is 11.5 Å². The lowest BCUT2D eigenvalue weighted by molar-refractivity contribution is 0.0699. The average molecular weight is 290 g/mol. The lowest BCUT2D eigenvalue weighted by Gasteiger charge is -2.11. The van der Waals surface area contributed by atoms with E-state index in [4.69, 9.17) is 4.74 Å². The van der Waals surface area contributed by atoms with Gasteiger partial charge in [-0.2, -0.15) is 0 Å². The first-order valence-corrected chi connectivity index (χ1v) is 7.27. The molecule has 0 saturated carbocycles. The molecule has 0 aliphatic rings. The smallest absolute Gasteiger partial charge is 0.337 e. The number of aromatic carboxylic acids is 1. The van der Waals surface area contributed by atoms with E-state index >= 15 is 0 Å². The van der Waals surface area contributed by atoms with E-state index in [0.717, 1.165) is 37.3 Å². The molecule has 0 radical (unpaired) electrons. The minimum Gasteiger partial charge on any atom is -0.478 e. The van der Waals surface area contributed by atoms with Gasteiger partial charge in [0.2, 0.25) is 0 Å². The molecule has 2 aromatic rings. The number of aryl methyl sites for hydroxylation is 1. The molecule has 1 N–H and O–H groups in total. The van der Waals surface area contributed by atoms with Crippen LogP contribution in [0.5, 0.6) is 0 Å². The highest BCUT2D eigenvalue weighted by Crippen LogP contribution is 2.25. The number of hydrogen-bond acceptors (Lipinski definition) is 3. The van der Waals surface area contributed by atoms with Crippen molar-refractivity contribution in [2.75, 3.05) is 13.7 Å². The molecule has 5 heteroatoms. The molecular weight excluding hydrogens is 268 g/mol. The maximum Gasteiger partial charge on any atom is 0.337 e. The quantitative estimate of drug-likeness (QED) is 0.795. The van der Waals surface area contributed by atoms with Gasteiger partial charge in [-0.3, -0.25) is 0 Å². The van der Waals surface area contributed by atoms with Gasteiger partial charge in [0.1, 0.15) is 11.3 Å². The summed E-state index contributed by atoms with van der Waals surface area (Å²) in [5.74, 6) is 0.262. The van der Waals surface area contributed by atoms with Gasteiger partial charge < -0.3 is 14.4 Å². The summed E-state index contributed by atoms with van der Waals surface area (Å²) >= 11 is 0. The van der Waals surface area contributed by atoms with E-state index in [1.807, 2.05) is 6.07 Å². The lowest BCUT2D eigenvalue weighted by Crippen LogP contribution is -2.06. The van der Waals surface area contributed by atoms with Crippen LogP contribution in [0.4, 0.5) is 0 Å². The Kier molecular flexibility index (Phi) is 4.96. The zero-order valence-electron chi connectivity index (χ0n) is 12.8. The molecule has 0 spiro atoms. The molecule has 5 nitrogen and oxygen atoms in total. The Morgan fingerprint density at radius 2 is 2.14 bits per heavy atom. The lowest BCUT2D eigenvalue weighted by atomic mass is 10.2. The van der Waals surface area contributed by atoms with Crippen molar-refractivity contribution in [3.63, 3.8) is 0 Å². The number of carboxylic acids is 1. The number of carbonyl (C=O) groups is 1. The van der Waals surface area contributed by atoms with Gasteiger partial charge in [-0.05, 0) is 25.0 Å². The molecule has 0 aliphatic carbocycles. The van der Waals surface area contributed by atoms with Crippen LogP contribution in [-0.4, -0.2) is 34.3 Å². The molecule has 1 aromatic carbocycles. The van der Waals surface area contributed by atoms with Crippen LogP contribution in [0.3, 0.4) is 0 Å². The Bertz CT molecular complexity index is 632. The van der Waals surface area contributed by atoms with Crippen LogP contribution >= 0.6 is 0 Å². The van der Waals surface area contributed by atoms with Gasteiger partial charge in [-0.15, -0.1) is 0 Å². The number of aromatic nitrogens is 2. The SMILES string of the molecule is COCCCCn1c(C(C)C)nc2c(C(=O)O)cccc21. The summed E-state index contributed by atoms with van der Waals surface area (Å²) in [7, 11) is 1.70. The average Bonchev–Trinajstić information content (AvgIpc) is 2.82. The number of fused-ring (bicyclic) bond motifs is 1. The first-order valence-electron chi connectivity index (χ1n) is 7.27. The Labute approximate surface area is 124 Å². The Morgan fingerprint density at radius 3 is 2.76 bits per heavy atom. The fourth-order valence-corrected chi connectivity index (χ4v) is 2.53. The Morgan fingerprint density at radius 1 is 1.38 bits per heavy atom. The number of hydrogen-bond donors (Lipinski definition) is 1. The largest absolute Gasteiger partial charge is 0.478 e. The molecular formula is C16H22N2O3. The third-order valence-electron chi connectivity index (χ3n) is 3.54. The maximum atomic E-state index is 11.3. The van der Waals surface area contributed by atoms with E-state index in [1.54, 1.807) is 19.2 Å². The van der Waals surface area contributed by atoms with E-state index in [2.05, 4.69) is 23.4 Å². The highest BCUT2D eigenvalue weighted by molar-refractivity contribution is 6.01. The minimum atomic E-state index is -0.931. The molecule has 21 heavy (non-hydrogen) atoms. The number of carboxylic acid groups (broad SMARTS) is 1. The van der Waals surface area contributed by atoms with Crippen LogP contribution in [0.2, 0.25) is 0 Å². The molecule has 0 bridgehead atoms. The summed E-state index contributed by atoms with van der Waals surface area (Å²) in [6.45, 7) is 5.72. The number of rotatable bonds is 7. The molecule has 0 unspecified atom stereocenters. The van der Waals surface area contributed by atoms with Crippen LogP contribution in [0.15, 0.2) is 18.2 Å². The molecule has 0 atom stereocenters. The predicted octanol–water partition coefficient (Wildman–Crippen LogP) is 3.28. The van der Waals surface area contributed by atoms with Crippen molar-refractivity contribution in [2.45, 2.75) is 39.2 Å². The zero-order chi connectivity index (χ0) is 15.4. The summed E-state index contributed by atoms with van der Waals surface area (Å²) in [4.78, 5) is 15.9. The third kappa shape index (κ3) is 3.24. The summed E-state index contributed by atoms with van der Waals surface area (Å²) in [6.07, 6.45) is 1.96. The van der Waals surface area contributed by atoms with Gasteiger partial charge in [0.05, 0.1) is 11.1 Å². The normalized spacial score (nSPS) is 11.4. The third-order valence-corrected chi connectivity index (χ3v) is 3.54. The maximum absolute atomic E-state index is 11.3. The molecule has 0 amide bonds. The van der Waals surface area contributed by atoms with Crippen LogP contribution in [0.25, 0.3) is 11.0 Å². The topological polar surface area (TPSA) is 64.4 Å². The van der Waals surface area contributed by atoms with Gasteiger partial charge in [-0.25, -0.2) is 9.78 Å². The van der Waals surface area contributed by atoms with Crippen molar-refractivity contribution in [1.29, 1.82) is 0 Å². The van der Waals surface area contributed by atoms with Crippen molar-refractivity contribution in [3.05, 3.63) is 29.6 Å². The molecule has 0 aliphatic heterocycles. The fourth-order valence-electron chi connectivity index (χ4n) is 2.53. The van der Waals surface area contributed by atoms with E-state index in [9.17, 15) is 9.90 Å². The number of imidazole rings is 1. The number of para-hydroxylation sites is 1. The predicted molar refractivity (Wildman–Crippen MR) is 81.9 cm³/mol. The molecule has 114 valence electrons. The second kappa shape index (κ2) is 6.72. The molecule has 0 fully saturated rings. The monoisotopic (exact) mass is 290 g/mol. The van der Waals surface area contributed by atoms with Crippen molar-refractivity contribution in [2.24, 2.45) is 0 Å². The van der Waals surface area contributed by atoms with E-state index in [1.165, 1.54) is 0 Å². The number of ether oxygens (including phenoxy) is 1. The van der Waals surface area contributed by atoms with Crippen molar-refractivity contribution >= 4 is 17.0 Å². The highest BCUT2D eigenvalue weighted by Gasteiger charge is 2.18. The fraction of sp³-hybridized carbons (Fsp3) is 0.500. The number of benzene rings is 1. The van der Waals surface area contributed by atoms with Crippen molar-refractivity contribution in [1.82, 2.24) is 9.55 Å². The molecule has 0 saturated heterocycles. The zero-order valence-corrected chi connectivity index (χ0v) is 12.8. The molecule has 1 heterocycles. The number of methoxy groups -OCH3 is 1. The van der Waals surface area contributed by atoms with Crippen molar-refractivity contribution in [3.8, 4) is 0 Å². The van der Waals surface area contributed by atoms with E-state index < -0.39 is 5.97 Å². The summed E-state index contributed by atoms with van der Waals surface area (Å²) in [6, 6.07) is 5.33. The standard InChI is InChI=1S/C16H22N2O3/c1-11(2)15-17-14-12(16(19)20)7-6-8-13(14)18(15)9-4-5-10-21-3/h6-8,11H,4-5,9-10H2,1-3H3,(H,19,20). The highest BCUT2D eigenvalue weighted by atomic mass is 16.5. The first kappa shape index (κ1) is 15.5. The number of unbranched alkanes of at least 4 members (excludes halogenated alkanes) is 1.